The molecule has 2 aromatic heterocycles. The lowest BCUT2D eigenvalue weighted by atomic mass is 10.2. The summed E-state index contributed by atoms with van der Waals surface area (Å²) >= 11 is 3.50. The molecule has 8 heteroatoms. The van der Waals surface area contributed by atoms with Crippen LogP contribution < -0.4 is 10.2 Å². The van der Waals surface area contributed by atoms with Gasteiger partial charge in [0.1, 0.15) is 17.7 Å². The van der Waals surface area contributed by atoms with E-state index in [-0.39, 0.29) is 11.9 Å². The molecule has 27 heavy (non-hydrogen) atoms. The minimum atomic E-state index is -0.317. The summed E-state index contributed by atoms with van der Waals surface area (Å²) in [6.45, 7) is 4.59. The van der Waals surface area contributed by atoms with Crippen LogP contribution in [0.5, 0.6) is 0 Å². The Morgan fingerprint density at radius 1 is 1.26 bits per heavy atom. The number of amides is 1. The van der Waals surface area contributed by atoms with Crippen LogP contribution in [0.4, 0.5) is 11.5 Å². The van der Waals surface area contributed by atoms with Crippen molar-refractivity contribution in [1.29, 1.82) is 0 Å². The average Bonchev–Trinajstić information content (AvgIpc) is 3.24. The molecule has 3 aromatic rings. The van der Waals surface area contributed by atoms with Gasteiger partial charge in [-0.2, -0.15) is 0 Å². The maximum atomic E-state index is 12.9. The highest BCUT2D eigenvalue weighted by atomic mass is 79.9. The molecule has 1 aliphatic rings. The minimum absolute atomic E-state index is 0.0442. The maximum absolute atomic E-state index is 12.9. The minimum Gasteiger partial charge on any atom is -0.357 e. The molecule has 1 fully saturated rings. The third-order valence-electron chi connectivity index (χ3n) is 4.68. The van der Waals surface area contributed by atoms with Crippen molar-refractivity contribution in [2.24, 2.45) is 0 Å². The number of aryl methyl sites for hydroxylation is 2. The number of anilines is 2. The third kappa shape index (κ3) is 3.44. The molecule has 1 unspecified atom stereocenters. The van der Waals surface area contributed by atoms with Crippen molar-refractivity contribution in [3.05, 3.63) is 58.8 Å². The van der Waals surface area contributed by atoms with Crippen LogP contribution in [-0.2, 0) is 4.79 Å². The molecule has 0 spiro atoms. The molecule has 3 heterocycles. The van der Waals surface area contributed by atoms with Crippen molar-refractivity contribution >= 4 is 33.3 Å². The summed E-state index contributed by atoms with van der Waals surface area (Å²) in [6.07, 6.45) is 7.57. The van der Waals surface area contributed by atoms with Crippen LogP contribution in [0.15, 0.2) is 47.5 Å². The Morgan fingerprint density at radius 2 is 2.11 bits per heavy atom. The summed E-state index contributed by atoms with van der Waals surface area (Å²) in [7, 11) is 0. The number of carbonyl (C=O) groups excluding carboxylic acids is 1. The smallest absolute Gasteiger partial charge is 0.249 e. The molecular weight excluding hydrogens is 408 g/mol. The summed E-state index contributed by atoms with van der Waals surface area (Å²) in [5.41, 5.74) is 2.02. The van der Waals surface area contributed by atoms with Gasteiger partial charge in [-0.05, 0) is 44.0 Å². The Morgan fingerprint density at radius 3 is 2.85 bits per heavy atom. The van der Waals surface area contributed by atoms with Gasteiger partial charge in [-0.25, -0.2) is 9.97 Å². The summed E-state index contributed by atoms with van der Waals surface area (Å²) < 4.78 is 2.89. The van der Waals surface area contributed by atoms with Crippen LogP contribution in [0.3, 0.4) is 0 Å². The largest absolute Gasteiger partial charge is 0.357 e. The first-order valence-electron chi connectivity index (χ1n) is 8.69. The Bertz CT molecular complexity index is 1000. The van der Waals surface area contributed by atoms with Gasteiger partial charge in [0.05, 0.1) is 12.4 Å². The standard InChI is InChI=1S/C19H19BrN6O/c1-12-9-14(3-4-15(12)20)26-7-5-16(19(26)27)23-17-10-21-11-18(24-17)25-8-6-22-13(25)2/h3-4,6,8-11,16H,5,7H2,1-2H3,(H,23,24). The summed E-state index contributed by atoms with van der Waals surface area (Å²) in [5, 5.41) is 3.23. The van der Waals surface area contributed by atoms with Crippen LogP contribution in [0.25, 0.3) is 5.82 Å². The number of imidazole rings is 1. The highest BCUT2D eigenvalue weighted by Crippen LogP contribution is 2.27. The number of halogens is 1. The second-order valence-electron chi connectivity index (χ2n) is 6.52. The van der Waals surface area contributed by atoms with Gasteiger partial charge in [0.25, 0.3) is 0 Å². The van der Waals surface area contributed by atoms with E-state index in [9.17, 15) is 4.79 Å². The quantitative estimate of drug-likeness (QED) is 0.692. The summed E-state index contributed by atoms with van der Waals surface area (Å²) in [4.78, 5) is 27.7. The number of hydrogen-bond donors (Lipinski definition) is 1. The van der Waals surface area contributed by atoms with Crippen molar-refractivity contribution in [3.8, 4) is 5.82 Å². The maximum Gasteiger partial charge on any atom is 0.249 e. The molecule has 1 saturated heterocycles. The fourth-order valence-electron chi connectivity index (χ4n) is 3.21. The molecule has 0 radical (unpaired) electrons. The number of hydrogen-bond acceptors (Lipinski definition) is 5. The van der Waals surface area contributed by atoms with Crippen LogP contribution in [0.1, 0.15) is 17.8 Å². The molecule has 1 amide bonds. The fourth-order valence-corrected chi connectivity index (χ4v) is 3.45. The van der Waals surface area contributed by atoms with Crippen molar-refractivity contribution in [2.75, 3.05) is 16.8 Å². The SMILES string of the molecule is Cc1cc(N2CCC(Nc3cncc(-n4ccnc4C)n3)C2=O)ccc1Br. The second kappa shape index (κ2) is 7.11. The predicted molar refractivity (Wildman–Crippen MR) is 107 cm³/mol. The molecule has 138 valence electrons. The molecule has 1 atom stereocenters. The van der Waals surface area contributed by atoms with E-state index in [0.717, 1.165) is 21.5 Å². The van der Waals surface area contributed by atoms with Crippen molar-refractivity contribution in [3.63, 3.8) is 0 Å². The van der Waals surface area contributed by atoms with Crippen molar-refractivity contribution < 1.29 is 4.79 Å². The molecule has 0 aliphatic carbocycles. The number of carbonyl (C=O) groups is 1. The first-order valence-corrected chi connectivity index (χ1v) is 9.48. The highest BCUT2D eigenvalue weighted by Gasteiger charge is 2.33. The first-order chi connectivity index (χ1) is 13.0. The molecule has 1 aliphatic heterocycles. The second-order valence-corrected chi connectivity index (χ2v) is 7.37. The van der Waals surface area contributed by atoms with Crippen molar-refractivity contribution in [2.45, 2.75) is 26.3 Å². The van der Waals surface area contributed by atoms with E-state index in [1.54, 1.807) is 18.6 Å². The number of benzene rings is 1. The Balaban J connectivity index is 1.52. The third-order valence-corrected chi connectivity index (χ3v) is 5.56. The molecule has 0 bridgehead atoms. The Hall–Kier alpha value is -2.74. The van der Waals surface area contributed by atoms with Crippen LogP contribution in [0, 0.1) is 13.8 Å². The molecule has 1 aromatic carbocycles. The zero-order valence-corrected chi connectivity index (χ0v) is 16.6. The van der Waals surface area contributed by atoms with E-state index in [1.807, 2.05) is 47.7 Å². The lowest BCUT2D eigenvalue weighted by Gasteiger charge is -2.18. The Kier molecular flexibility index (Phi) is 4.65. The molecular formula is C19H19BrN6O. The number of rotatable bonds is 4. The van der Waals surface area contributed by atoms with Gasteiger partial charge in [-0.15, -0.1) is 0 Å². The molecule has 4 rings (SSSR count). The summed E-state index contributed by atoms with van der Waals surface area (Å²) in [5.74, 6) is 2.12. The van der Waals surface area contributed by atoms with Gasteiger partial charge in [-0.3, -0.25) is 14.3 Å². The van der Waals surface area contributed by atoms with Crippen LogP contribution in [-0.4, -0.2) is 38.0 Å². The van der Waals surface area contributed by atoms with E-state index in [0.29, 0.717) is 24.6 Å². The number of aromatic nitrogens is 4. The molecule has 1 N–H and O–H groups in total. The van der Waals surface area contributed by atoms with E-state index in [2.05, 4.69) is 36.2 Å². The normalized spacial score (nSPS) is 16.8. The van der Waals surface area contributed by atoms with E-state index in [4.69, 9.17) is 0 Å². The van der Waals surface area contributed by atoms with Crippen molar-refractivity contribution in [1.82, 2.24) is 19.5 Å². The number of nitrogens with one attached hydrogen (secondary N) is 1. The monoisotopic (exact) mass is 426 g/mol. The first kappa shape index (κ1) is 17.7. The lowest BCUT2D eigenvalue weighted by Crippen LogP contribution is -2.33. The van der Waals surface area contributed by atoms with Gasteiger partial charge in [0.2, 0.25) is 5.91 Å². The summed E-state index contributed by atoms with van der Waals surface area (Å²) in [6, 6.07) is 5.63. The molecule has 7 nitrogen and oxygen atoms in total. The van der Waals surface area contributed by atoms with Gasteiger partial charge in [0.15, 0.2) is 5.82 Å². The fraction of sp³-hybridized carbons (Fsp3) is 0.263. The van der Waals surface area contributed by atoms with Gasteiger partial charge < -0.3 is 10.2 Å². The highest BCUT2D eigenvalue weighted by molar-refractivity contribution is 9.10. The van der Waals surface area contributed by atoms with Crippen LogP contribution in [0.2, 0.25) is 0 Å². The zero-order chi connectivity index (χ0) is 19.0. The average molecular weight is 427 g/mol. The topological polar surface area (TPSA) is 75.9 Å². The Labute approximate surface area is 165 Å². The van der Waals surface area contributed by atoms with Gasteiger partial charge in [-0.1, -0.05) is 15.9 Å². The van der Waals surface area contributed by atoms with E-state index >= 15 is 0 Å². The lowest BCUT2D eigenvalue weighted by molar-refractivity contribution is -0.117. The predicted octanol–water partition coefficient (Wildman–Crippen LogP) is 3.26. The van der Waals surface area contributed by atoms with Gasteiger partial charge >= 0.3 is 0 Å². The number of nitrogens with zero attached hydrogens (tertiary/aromatic N) is 5. The van der Waals surface area contributed by atoms with E-state index < -0.39 is 0 Å². The van der Waals surface area contributed by atoms with Crippen LogP contribution >= 0.6 is 15.9 Å². The van der Waals surface area contributed by atoms with E-state index in [1.165, 1.54) is 0 Å². The molecule has 0 saturated carbocycles. The zero-order valence-electron chi connectivity index (χ0n) is 15.1. The van der Waals surface area contributed by atoms with Gasteiger partial charge in [0, 0.05) is 29.1 Å².